The smallest absolute Gasteiger partial charge is 0.316 e. The van der Waals surface area contributed by atoms with Gasteiger partial charge in [-0.3, -0.25) is 9.80 Å². The molecule has 3 heterocycles. The first kappa shape index (κ1) is 13.8. The van der Waals surface area contributed by atoms with Crippen LogP contribution in [0.3, 0.4) is 0 Å². The minimum atomic E-state index is 0.442. The SMILES string of the molecule is COc1ncc(CN2CC(N3CCCCC3C)C2)cn1. The van der Waals surface area contributed by atoms with Gasteiger partial charge in [0.25, 0.3) is 0 Å². The Bertz CT molecular complexity index is 430. The van der Waals surface area contributed by atoms with E-state index in [1.807, 2.05) is 12.4 Å². The summed E-state index contributed by atoms with van der Waals surface area (Å²) in [6.07, 6.45) is 7.86. The fourth-order valence-corrected chi connectivity index (χ4v) is 3.33. The molecule has 2 fully saturated rings. The molecule has 2 aliphatic rings. The van der Waals surface area contributed by atoms with Crippen LogP contribution in [0, 0.1) is 0 Å². The van der Waals surface area contributed by atoms with Crippen LogP contribution in [0.5, 0.6) is 6.01 Å². The maximum absolute atomic E-state index is 4.98. The minimum Gasteiger partial charge on any atom is -0.467 e. The van der Waals surface area contributed by atoms with Crippen LogP contribution in [-0.2, 0) is 6.54 Å². The van der Waals surface area contributed by atoms with Gasteiger partial charge in [-0.1, -0.05) is 6.42 Å². The zero-order valence-corrected chi connectivity index (χ0v) is 12.5. The number of hydrogen-bond donors (Lipinski definition) is 0. The minimum absolute atomic E-state index is 0.442. The molecule has 1 aromatic heterocycles. The van der Waals surface area contributed by atoms with Crippen LogP contribution in [0.25, 0.3) is 0 Å². The topological polar surface area (TPSA) is 41.5 Å². The maximum Gasteiger partial charge on any atom is 0.316 e. The van der Waals surface area contributed by atoms with E-state index in [0.29, 0.717) is 6.01 Å². The molecule has 5 nitrogen and oxygen atoms in total. The van der Waals surface area contributed by atoms with E-state index in [4.69, 9.17) is 4.74 Å². The zero-order chi connectivity index (χ0) is 13.9. The van der Waals surface area contributed by atoms with Gasteiger partial charge in [0.2, 0.25) is 0 Å². The Morgan fingerprint density at radius 1 is 1.25 bits per heavy atom. The highest BCUT2D eigenvalue weighted by Gasteiger charge is 2.34. The van der Waals surface area contributed by atoms with Crippen molar-refractivity contribution in [1.82, 2.24) is 19.8 Å². The third kappa shape index (κ3) is 2.94. The Hall–Kier alpha value is -1.20. The van der Waals surface area contributed by atoms with Gasteiger partial charge in [-0.25, -0.2) is 9.97 Å². The molecule has 0 aromatic carbocycles. The lowest BCUT2D eigenvalue weighted by molar-refractivity contribution is -0.00630. The average molecular weight is 276 g/mol. The molecule has 5 heteroatoms. The van der Waals surface area contributed by atoms with E-state index in [0.717, 1.165) is 24.2 Å². The first-order valence-corrected chi connectivity index (χ1v) is 7.59. The number of hydrogen-bond acceptors (Lipinski definition) is 5. The highest BCUT2D eigenvalue weighted by atomic mass is 16.5. The molecule has 0 radical (unpaired) electrons. The van der Waals surface area contributed by atoms with Gasteiger partial charge in [-0.15, -0.1) is 0 Å². The molecule has 0 saturated carbocycles. The summed E-state index contributed by atoms with van der Waals surface area (Å²) in [5, 5.41) is 0. The second-order valence-corrected chi connectivity index (χ2v) is 6.01. The van der Waals surface area contributed by atoms with Crippen LogP contribution >= 0.6 is 0 Å². The van der Waals surface area contributed by atoms with Crippen LogP contribution in [0.2, 0.25) is 0 Å². The van der Waals surface area contributed by atoms with Gasteiger partial charge in [0.05, 0.1) is 7.11 Å². The molecule has 1 aromatic rings. The fraction of sp³-hybridized carbons (Fsp3) is 0.733. The van der Waals surface area contributed by atoms with Crippen molar-refractivity contribution < 1.29 is 4.74 Å². The third-order valence-corrected chi connectivity index (χ3v) is 4.53. The first-order valence-electron chi connectivity index (χ1n) is 7.59. The van der Waals surface area contributed by atoms with E-state index in [2.05, 4.69) is 26.7 Å². The van der Waals surface area contributed by atoms with Crippen LogP contribution in [0.1, 0.15) is 31.7 Å². The van der Waals surface area contributed by atoms with Gasteiger partial charge in [0, 0.05) is 49.7 Å². The number of nitrogens with zero attached hydrogens (tertiary/aromatic N) is 4. The van der Waals surface area contributed by atoms with Crippen molar-refractivity contribution in [3.05, 3.63) is 18.0 Å². The lowest BCUT2D eigenvalue weighted by Gasteiger charge is -2.49. The maximum atomic E-state index is 4.98. The summed E-state index contributed by atoms with van der Waals surface area (Å²) in [6.45, 7) is 6.96. The summed E-state index contributed by atoms with van der Waals surface area (Å²) in [4.78, 5) is 13.5. The van der Waals surface area contributed by atoms with Crippen molar-refractivity contribution >= 4 is 0 Å². The largest absolute Gasteiger partial charge is 0.467 e. The molecule has 0 N–H and O–H groups in total. The Labute approximate surface area is 121 Å². The Morgan fingerprint density at radius 2 is 2.00 bits per heavy atom. The number of likely N-dealkylation sites (tertiary alicyclic amines) is 2. The summed E-state index contributed by atoms with van der Waals surface area (Å²) >= 11 is 0. The van der Waals surface area contributed by atoms with Gasteiger partial charge >= 0.3 is 6.01 Å². The van der Waals surface area contributed by atoms with Crippen LogP contribution in [0.15, 0.2) is 12.4 Å². The van der Waals surface area contributed by atoms with E-state index >= 15 is 0 Å². The lowest BCUT2D eigenvalue weighted by Crippen LogP contribution is -2.61. The zero-order valence-electron chi connectivity index (χ0n) is 12.5. The van der Waals surface area contributed by atoms with Crippen molar-refractivity contribution in [3.8, 4) is 6.01 Å². The summed E-state index contributed by atoms with van der Waals surface area (Å²) in [7, 11) is 1.59. The number of ether oxygens (including phenoxy) is 1. The van der Waals surface area contributed by atoms with E-state index in [1.165, 1.54) is 38.9 Å². The molecule has 2 aliphatic heterocycles. The first-order chi connectivity index (χ1) is 9.76. The van der Waals surface area contributed by atoms with Crippen LogP contribution in [0.4, 0.5) is 0 Å². The van der Waals surface area contributed by atoms with Crippen molar-refractivity contribution in [1.29, 1.82) is 0 Å². The molecule has 0 bridgehead atoms. The van der Waals surface area contributed by atoms with E-state index in [9.17, 15) is 0 Å². The Kier molecular flexibility index (Phi) is 4.17. The highest BCUT2D eigenvalue weighted by Crippen LogP contribution is 2.25. The fourth-order valence-electron chi connectivity index (χ4n) is 3.33. The molecule has 20 heavy (non-hydrogen) atoms. The number of rotatable bonds is 4. The van der Waals surface area contributed by atoms with Gasteiger partial charge in [-0.05, 0) is 26.3 Å². The molecular formula is C15H24N4O. The second kappa shape index (κ2) is 6.06. The Morgan fingerprint density at radius 3 is 2.65 bits per heavy atom. The lowest BCUT2D eigenvalue weighted by atomic mass is 9.97. The average Bonchev–Trinajstić information content (AvgIpc) is 2.44. The molecule has 3 rings (SSSR count). The van der Waals surface area contributed by atoms with Gasteiger partial charge < -0.3 is 4.74 Å². The summed E-state index contributed by atoms with van der Waals surface area (Å²) in [5.41, 5.74) is 1.16. The van der Waals surface area contributed by atoms with Gasteiger partial charge in [0.15, 0.2) is 0 Å². The molecule has 0 spiro atoms. The van der Waals surface area contributed by atoms with Crippen LogP contribution in [-0.4, -0.2) is 58.6 Å². The number of piperidine rings is 1. The monoisotopic (exact) mass is 276 g/mol. The Balaban J connectivity index is 1.47. The quantitative estimate of drug-likeness (QED) is 0.834. The van der Waals surface area contributed by atoms with Crippen molar-refractivity contribution in [2.24, 2.45) is 0 Å². The van der Waals surface area contributed by atoms with Crippen molar-refractivity contribution in [3.63, 3.8) is 0 Å². The highest BCUT2D eigenvalue weighted by molar-refractivity contribution is 5.08. The molecular weight excluding hydrogens is 252 g/mol. The second-order valence-electron chi connectivity index (χ2n) is 6.01. The molecule has 1 atom stereocenters. The molecule has 2 saturated heterocycles. The summed E-state index contributed by atoms with van der Waals surface area (Å²) in [5.74, 6) is 0. The summed E-state index contributed by atoms with van der Waals surface area (Å²) < 4.78 is 4.98. The van der Waals surface area contributed by atoms with E-state index in [1.54, 1.807) is 7.11 Å². The predicted molar refractivity (Wildman–Crippen MR) is 77.7 cm³/mol. The summed E-state index contributed by atoms with van der Waals surface area (Å²) in [6, 6.07) is 1.96. The molecule has 1 unspecified atom stereocenters. The predicted octanol–water partition coefficient (Wildman–Crippen LogP) is 1.54. The number of aromatic nitrogens is 2. The van der Waals surface area contributed by atoms with Gasteiger partial charge in [0.1, 0.15) is 0 Å². The van der Waals surface area contributed by atoms with Crippen molar-refractivity contribution in [2.75, 3.05) is 26.7 Å². The van der Waals surface area contributed by atoms with Crippen LogP contribution < -0.4 is 4.74 Å². The van der Waals surface area contributed by atoms with E-state index < -0.39 is 0 Å². The third-order valence-electron chi connectivity index (χ3n) is 4.53. The standard InChI is InChI=1S/C15H24N4O/c1-12-5-3-4-6-19(12)14-10-18(11-14)9-13-7-16-15(20-2)17-8-13/h7-8,12,14H,3-6,9-11H2,1-2H3. The number of methoxy groups -OCH3 is 1. The normalized spacial score (nSPS) is 25.4. The molecule has 110 valence electrons. The van der Waals surface area contributed by atoms with Crippen molar-refractivity contribution in [2.45, 2.75) is 44.8 Å². The molecule has 0 aliphatic carbocycles. The van der Waals surface area contributed by atoms with E-state index in [-0.39, 0.29) is 0 Å². The van der Waals surface area contributed by atoms with Gasteiger partial charge in [-0.2, -0.15) is 0 Å². The molecule has 0 amide bonds.